The average Bonchev–Trinajstić information content (AvgIpc) is 2.26. The number of carboxylic acid groups (broad SMARTS) is 1. The van der Waals surface area contributed by atoms with Crippen LogP contribution in [0.3, 0.4) is 0 Å². The van der Waals surface area contributed by atoms with Crippen LogP contribution in [0, 0.1) is 5.92 Å². The van der Waals surface area contributed by atoms with Crippen molar-refractivity contribution < 1.29 is 19.4 Å². The second-order valence-electron chi connectivity index (χ2n) is 5.62. The molecule has 0 aromatic rings. The van der Waals surface area contributed by atoms with Crippen LogP contribution in [0.1, 0.15) is 47.0 Å². The van der Waals surface area contributed by atoms with Gasteiger partial charge in [0.15, 0.2) is 0 Å². The van der Waals surface area contributed by atoms with Crippen LogP contribution in [-0.4, -0.2) is 46.7 Å². The average molecular weight is 271 g/mol. The molecule has 1 aliphatic carbocycles. The molecule has 0 aliphatic heterocycles. The van der Waals surface area contributed by atoms with Crippen molar-refractivity contribution >= 4 is 11.9 Å². The van der Waals surface area contributed by atoms with Gasteiger partial charge in [-0.1, -0.05) is 0 Å². The number of aliphatic carboxylic acids is 1. The molecule has 1 fully saturated rings. The summed E-state index contributed by atoms with van der Waals surface area (Å²) in [6.07, 6.45) is 2.52. The van der Waals surface area contributed by atoms with Gasteiger partial charge >= 0.3 is 5.97 Å². The maximum absolute atomic E-state index is 12.2. The summed E-state index contributed by atoms with van der Waals surface area (Å²) in [5.41, 5.74) is -1.14. The first kappa shape index (κ1) is 16.0. The minimum absolute atomic E-state index is 0.0742. The fraction of sp³-hybridized carbons (Fsp3) is 0.857. The van der Waals surface area contributed by atoms with Crippen molar-refractivity contribution in [3.63, 3.8) is 0 Å². The molecule has 1 rings (SSSR count). The zero-order valence-corrected chi connectivity index (χ0v) is 12.3. The summed E-state index contributed by atoms with van der Waals surface area (Å²) in [6, 6.07) is 0. The Bertz CT molecular complexity index is 334. The van der Waals surface area contributed by atoms with E-state index in [1.165, 1.54) is 4.90 Å². The molecular formula is C14H25NO4. The maximum Gasteiger partial charge on any atom is 0.329 e. The van der Waals surface area contributed by atoms with E-state index in [-0.39, 0.29) is 12.0 Å². The molecule has 0 heterocycles. The summed E-state index contributed by atoms with van der Waals surface area (Å²) >= 11 is 0. The molecular weight excluding hydrogens is 246 g/mol. The normalized spacial score (nSPS) is 22.7. The largest absolute Gasteiger partial charge is 0.480 e. The SMILES string of the molecule is CCOC1CC(CC(=O)N(CC)C(C)(C)C(=O)O)C1. The Labute approximate surface area is 114 Å². The van der Waals surface area contributed by atoms with Crippen LogP contribution in [0.5, 0.6) is 0 Å². The van der Waals surface area contributed by atoms with Crippen LogP contribution in [0.25, 0.3) is 0 Å². The number of likely N-dealkylation sites (N-methyl/N-ethyl adjacent to an activating group) is 1. The summed E-state index contributed by atoms with van der Waals surface area (Å²) < 4.78 is 5.46. The molecule has 19 heavy (non-hydrogen) atoms. The van der Waals surface area contributed by atoms with E-state index in [0.717, 1.165) is 12.8 Å². The number of rotatable bonds is 7. The van der Waals surface area contributed by atoms with Crippen molar-refractivity contribution in [2.45, 2.75) is 58.6 Å². The predicted octanol–water partition coefficient (Wildman–Crippen LogP) is 1.90. The number of hydrogen-bond acceptors (Lipinski definition) is 3. The first-order chi connectivity index (χ1) is 8.82. The molecule has 1 saturated carbocycles. The number of carbonyl (C=O) groups is 2. The van der Waals surface area contributed by atoms with E-state index in [2.05, 4.69) is 0 Å². The Balaban J connectivity index is 2.50. The highest BCUT2D eigenvalue weighted by atomic mass is 16.5. The molecule has 0 saturated heterocycles. The molecule has 0 radical (unpaired) electrons. The Morgan fingerprint density at radius 3 is 2.32 bits per heavy atom. The monoisotopic (exact) mass is 271 g/mol. The first-order valence-electron chi connectivity index (χ1n) is 6.98. The summed E-state index contributed by atoms with van der Waals surface area (Å²) in [5.74, 6) is -0.707. The summed E-state index contributed by atoms with van der Waals surface area (Å²) in [6.45, 7) is 8.04. The molecule has 1 N–H and O–H groups in total. The van der Waals surface area contributed by atoms with Gasteiger partial charge in [-0.2, -0.15) is 0 Å². The first-order valence-corrected chi connectivity index (χ1v) is 6.98. The lowest BCUT2D eigenvalue weighted by Gasteiger charge is -2.38. The predicted molar refractivity (Wildman–Crippen MR) is 71.9 cm³/mol. The smallest absolute Gasteiger partial charge is 0.329 e. The van der Waals surface area contributed by atoms with Gasteiger partial charge in [-0.3, -0.25) is 4.79 Å². The molecule has 0 unspecified atom stereocenters. The van der Waals surface area contributed by atoms with Crippen LogP contribution >= 0.6 is 0 Å². The van der Waals surface area contributed by atoms with Gasteiger partial charge in [0.25, 0.3) is 0 Å². The van der Waals surface area contributed by atoms with E-state index >= 15 is 0 Å². The van der Waals surface area contributed by atoms with E-state index in [0.29, 0.717) is 25.5 Å². The van der Waals surface area contributed by atoms with Gasteiger partial charge < -0.3 is 14.7 Å². The standard InChI is InChI=1S/C14H25NO4/c1-5-15(14(3,4)13(17)18)12(16)9-10-7-11(8-10)19-6-2/h10-11H,5-9H2,1-4H3,(H,17,18). The van der Waals surface area contributed by atoms with E-state index in [1.54, 1.807) is 13.8 Å². The molecule has 110 valence electrons. The topological polar surface area (TPSA) is 66.8 Å². The zero-order chi connectivity index (χ0) is 14.6. The molecule has 0 atom stereocenters. The van der Waals surface area contributed by atoms with Crippen molar-refractivity contribution in [3.05, 3.63) is 0 Å². The third-order valence-electron chi connectivity index (χ3n) is 3.87. The molecule has 1 aliphatic rings. The molecule has 0 spiro atoms. The third kappa shape index (κ3) is 3.69. The van der Waals surface area contributed by atoms with Gasteiger partial charge in [-0.25, -0.2) is 4.79 Å². The van der Waals surface area contributed by atoms with E-state index in [9.17, 15) is 14.7 Å². The number of ether oxygens (including phenoxy) is 1. The Morgan fingerprint density at radius 2 is 1.89 bits per heavy atom. The third-order valence-corrected chi connectivity index (χ3v) is 3.87. The second kappa shape index (κ2) is 6.37. The maximum atomic E-state index is 12.2. The molecule has 0 aromatic carbocycles. The Kier molecular flexibility index (Phi) is 5.35. The van der Waals surface area contributed by atoms with Gasteiger partial charge in [-0.05, 0) is 46.5 Å². The lowest BCUT2D eigenvalue weighted by Crippen LogP contribution is -2.53. The van der Waals surface area contributed by atoms with E-state index in [4.69, 9.17) is 4.74 Å². The lowest BCUT2D eigenvalue weighted by molar-refractivity contribution is -0.157. The van der Waals surface area contributed by atoms with Gasteiger partial charge in [0.05, 0.1) is 6.10 Å². The van der Waals surface area contributed by atoms with Crippen LogP contribution in [0.2, 0.25) is 0 Å². The Morgan fingerprint density at radius 1 is 1.32 bits per heavy atom. The zero-order valence-electron chi connectivity index (χ0n) is 12.3. The Hall–Kier alpha value is -1.10. The number of carbonyl (C=O) groups excluding carboxylic acids is 1. The second-order valence-corrected chi connectivity index (χ2v) is 5.62. The highest BCUT2D eigenvalue weighted by Gasteiger charge is 2.39. The number of hydrogen-bond donors (Lipinski definition) is 1. The number of carboxylic acids is 1. The number of amides is 1. The van der Waals surface area contributed by atoms with Crippen LogP contribution in [0.4, 0.5) is 0 Å². The molecule has 5 heteroatoms. The van der Waals surface area contributed by atoms with E-state index in [1.807, 2.05) is 13.8 Å². The van der Waals surface area contributed by atoms with Crippen molar-refractivity contribution in [3.8, 4) is 0 Å². The minimum atomic E-state index is -1.14. The van der Waals surface area contributed by atoms with Crippen LogP contribution in [0.15, 0.2) is 0 Å². The highest BCUT2D eigenvalue weighted by Crippen LogP contribution is 2.33. The quantitative estimate of drug-likeness (QED) is 0.768. The van der Waals surface area contributed by atoms with Crippen LogP contribution < -0.4 is 0 Å². The highest BCUT2D eigenvalue weighted by molar-refractivity contribution is 5.86. The summed E-state index contributed by atoms with van der Waals surface area (Å²) in [7, 11) is 0. The molecule has 0 bridgehead atoms. The van der Waals surface area contributed by atoms with E-state index < -0.39 is 11.5 Å². The summed E-state index contributed by atoms with van der Waals surface area (Å²) in [4.78, 5) is 24.9. The van der Waals surface area contributed by atoms with Gasteiger partial charge in [-0.15, -0.1) is 0 Å². The van der Waals surface area contributed by atoms with Crippen molar-refractivity contribution in [1.29, 1.82) is 0 Å². The molecule has 1 amide bonds. The van der Waals surface area contributed by atoms with Gasteiger partial charge in [0, 0.05) is 19.6 Å². The van der Waals surface area contributed by atoms with Crippen molar-refractivity contribution in [2.75, 3.05) is 13.2 Å². The molecule has 5 nitrogen and oxygen atoms in total. The summed E-state index contributed by atoms with van der Waals surface area (Å²) in [5, 5.41) is 9.20. The van der Waals surface area contributed by atoms with Crippen LogP contribution in [-0.2, 0) is 14.3 Å². The minimum Gasteiger partial charge on any atom is -0.480 e. The fourth-order valence-electron chi connectivity index (χ4n) is 2.57. The van der Waals surface area contributed by atoms with Crippen molar-refractivity contribution in [2.24, 2.45) is 5.92 Å². The fourth-order valence-corrected chi connectivity index (χ4v) is 2.57. The molecule has 0 aromatic heterocycles. The lowest BCUT2D eigenvalue weighted by atomic mass is 9.79. The van der Waals surface area contributed by atoms with Gasteiger partial charge in [0.1, 0.15) is 5.54 Å². The van der Waals surface area contributed by atoms with Gasteiger partial charge in [0.2, 0.25) is 5.91 Å². The number of nitrogens with zero attached hydrogens (tertiary/aromatic N) is 1. The van der Waals surface area contributed by atoms with Crippen molar-refractivity contribution in [1.82, 2.24) is 4.90 Å².